The maximum atomic E-state index is 14.0. The van der Waals surface area contributed by atoms with E-state index >= 15 is 0 Å². The van der Waals surface area contributed by atoms with Gasteiger partial charge >= 0.3 is 0 Å². The Kier molecular flexibility index (Phi) is 7.75. The van der Waals surface area contributed by atoms with E-state index in [1.165, 1.54) is 25.3 Å². The summed E-state index contributed by atoms with van der Waals surface area (Å²) in [5.41, 5.74) is 0.144. The van der Waals surface area contributed by atoms with Gasteiger partial charge in [0.05, 0.1) is 29.3 Å². The summed E-state index contributed by atoms with van der Waals surface area (Å²) in [7, 11) is -3.56. The molecular formula is C38H23BrN4O8S. The van der Waals surface area contributed by atoms with Crippen molar-refractivity contribution < 1.29 is 37.2 Å². The molecule has 0 atom stereocenters. The number of azo groups is 1. The number of ether oxygens (including phenoxy) is 1. The average Bonchev–Trinajstić information content (AvgIpc) is 3.52. The van der Waals surface area contributed by atoms with Crippen LogP contribution in [0.4, 0.5) is 17.1 Å². The van der Waals surface area contributed by atoms with E-state index in [2.05, 4.69) is 36.5 Å². The van der Waals surface area contributed by atoms with Crippen molar-refractivity contribution in [2.75, 3.05) is 12.4 Å². The van der Waals surface area contributed by atoms with Gasteiger partial charge in [-0.05, 0) is 63.8 Å². The number of hydrogen-bond acceptors (Lipinski definition) is 9. The summed E-state index contributed by atoms with van der Waals surface area (Å²) in [4.78, 5) is 43.8. The molecular weight excluding hydrogens is 752 g/mol. The molecule has 12 nitrogen and oxygen atoms in total. The van der Waals surface area contributed by atoms with Crippen LogP contribution in [0.2, 0.25) is 0 Å². The molecule has 0 radical (unpaired) electrons. The largest absolute Gasteiger partial charge is 0.505 e. The van der Waals surface area contributed by atoms with Crippen molar-refractivity contribution in [1.29, 1.82) is 0 Å². The lowest BCUT2D eigenvalue weighted by Gasteiger charge is -2.21. The zero-order valence-electron chi connectivity index (χ0n) is 26.8. The Balaban J connectivity index is 1.39. The number of phenolic OH excluding ortho intramolecular Hbond substituents is 1. The predicted molar refractivity (Wildman–Crippen MR) is 197 cm³/mol. The number of aromatic nitrogens is 1. The fourth-order valence-corrected chi connectivity index (χ4v) is 7.94. The van der Waals surface area contributed by atoms with Crippen LogP contribution >= 0.6 is 15.9 Å². The molecule has 1 aromatic heterocycles. The monoisotopic (exact) mass is 774 g/mol. The van der Waals surface area contributed by atoms with Crippen LogP contribution in [0.1, 0.15) is 42.2 Å². The number of H-pyrrole nitrogens is 1. The van der Waals surface area contributed by atoms with Crippen molar-refractivity contribution in [2.24, 2.45) is 10.2 Å². The summed E-state index contributed by atoms with van der Waals surface area (Å²) < 4.78 is 41.0. The molecule has 0 bridgehead atoms. The standard InChI is InChI=1S/C38H23BrN4O8S/c1-51-20-13-11-19(12-14-20)40-38(47)25-16-18-10-15-22-21-6-4-5-9-27(21)41-32(22)29(18)34(37(25)46)43-42-33-28(52(48,49)50)17-26(39)30-31(33)36(45)24-8-3-2-7-23(24)35(30)44/h2-17,41,46H,1H3,(H,40,47)(H,48,49,50). The minimum atomic E-state index is -5.07. The normalized spacial score (nSPS) is 12.8. The number of para-hydroxylation sites is 1. The number of fused-ring (bicyclic) bond motifs is 7. The summed E-state index contributed by atoms with van der Waals surface area (Å²) in [6, 6.07) is 26.1. The topological polar surface area (TPSA) is 188 Å². The molecule has 52 heavy (non-hydrogen) atoms. The molecule has 1 aliphatic carbocycles. The van der Waals surface area contributed by atoms with E-state index < -0.39 is 49.5 Å². The molecule has 6 aromatic carbocycles. The highest BCUT2D eigenvalue weighted by Gasteiger charge is 2.37. The van der Waals surface area contributed by atoms with E-state index in [9.17, 15) is 32.5 Å². The first-order chi connectivity index (χ1) is 25.0. The van der Waals surface area contributed by atoms with Crippen molar-refractivity contribution in [1.82, 2.24) is 4.98 Å². The zero-order valence-corrected chi connectivity index (χ0v) is 29.2. The maximum Gasteiger partial charge on any atom is 0.296 e. The van der Waals surface area contributed by atoms with Crippen LogP contribution in [0, 0.1) is 0 Å². The van der Waals surface area contributed by atoms with Crippen LogP contribution in [0.3, 0.4) is 0 Å². The highest BCUT2D eigenvalue weighted by atomic mass is 79.9. The summed E-state index contributed by atoms with van der Waals surface area (Å²) in [5, 5.41) is 25.5. The van der Waals surface area contributed by atoms with Crippen molar-refractivity contribution in [3.05, 3.63) is 129 Å². The van der Waals surface area contributed by atoms with Gasteiger partial charge in [-0.1, -0.05) is 54.6 Å². The Morgan fingerprint density at radius 2 is 1.48 bits per heavy atom. The number of anilines is 1. The van der Waals surface area contributed by atoms with Gasteiger partial charge in [-0.3, -0.25) is 18.9 Å². The third-order valence-electron chi connectivity index (χ3n) is 8.94. The van der Waals surface area contributed by atoms with Crippen LogP contribution in [0.25, 0.3) is 32.6 Å². The van der Waals surface area contributed by atoms with Crippen LogP contribution in [0.5, 0.6) is 11.5 Å². The number of rotatable bonds is 6. The van der Waals surface area contributed by atoms with Crippen molar-refractivity contribution >= 4 is 93.2 Å². The summed E-state index contributed by atoms with van der Waals surface area (Å²) in [5.74, 6) is -2.05. The van der Waals surface area contributed by atoms with E-state index in [1.807, 2.05) is 30.3 Å². The lowest BCUT2D eigenvalue weighted by molar-refractivity contribution is 0.0978. The van der Waals surface area contributed by atoms with Gasteiger partial charge in [0.15, 0.2) is 17.3 Å². The molecule has 4 N–H and O–H groups in total. The fraction of sp³-hybridized carbons (Fsp3) is 0.0263. The predicted octanol–water partition coefficient (Wildman–Crippen LogP) is 8.64. The van der Waals surface area contributed by atoms with Gasteiger partial charge in [0.1, 0.15) is 22.0 Å². The molecule has 0 saturated carbocycles. The number of amides is 1. The highest BCUT2D eigenvalue weighted by Crippen LogP contribution is 2.46. The van der Waals surface area contributed by atoms with Gasteiger partial charge in [-0.25, -0.2) is 0 Å². The smallest absolute Gasteiger partial charge is 0.296 e. The number of phenols is 1. The zero-order chi connectivity index (χ0) is 36.5. The number of benzene rings is 6. The van der Waals surface area contributed by atoms with Gasteiger partial charge in [0, 0.05) is 43.0 Å². The Morgan fingerprint density at radius 1 is 0.827 bits per heavy atom. The van der Waals surface area contributed by atoms with Crippen LogP contribution in [0.15, 0.2) is 117 Å². The van der Waals surface area contributed by atoms with Crippen LogP contribution in [-0.2, 0) is 10.1 Å². The quantitative estimate of drug-likeness (QED) is 0.0954. The van der Waals surface area contributed by atoms with Crippen LogP contribution in [-0.4, -0.2) is 47.6 Å². The van der Waals surface area contributed by atoms with Gasteiger partial charge < -0.3 is 20.1 Å². The molecule has 256 valence electrons. The number of nitrogens with zero attached hydrogens (tertiary/aromatic N) is 2. The Hall–Kier alpha value is -6.22. The van der Waals surface area contributed by atoms with E-state index in [-0.39, 0.29) is 32.4 Å². The van der Waals surface area contributed by atoms with E-state index in [0.29, 0.717) is 27.7 Å². The van der Waals surface area contributed by atoms with E-state index in [4.69, 9.17) is 4.74 Å². The lowest BCUT2D eigenvalue weighted by Crippen LogP contribution is -2.22. The van der Waals surface area contributed by atoms with Gasteiger partial charge in [-0.2, -0.15) is 8.42 Å². The molecule has 0 unspecified atom stereocenters. The second-order valence-corrected chi connectivity index (χ2v) is 14.1. The number of hydrogen-bond donors (Lipinski definition) is 4. The maximum absolute atomic E-state index is 14.0. The first-order valence-electron chi connectivity index (χ1n) is 15.5. The lowest BCUT2D eigenvalue weighted by atomic mass is 9.83. The second kappa shape index (κ2) is 12.2. The van der Waals surface area contributed by atoms with Gasteiger partial charge in [0.2, 0.25) is 0 Å². The fourth-order valence-electron chi connectivity index (χ4n) is 6.53. The Bertz CT molecular complexity index is 2870. The van der Waals surface area contributed by atoms with E-state index in [1.54, 1.807) is 42.5 Å². The molecule has 1 amide bonds. The molecule has 0 aliphatic heterocycles. The average molecular weight is 776 g/mol. The molecule has 7 aromatic rings. The molecule has 1 heterocycles. The van der Waals surface area contributed by atoms with Gasteiger partial charge in [0.25, 0.3) is 16.0 Å². The molecule has 0 saturated heterocycles. The number of aromatic amines is 1. The Labute approximate surface area is 302 Å². The summed E-state index contributed by atoms with van der Waals surface area (Å²) >= 11 is 3.21. The molecule has 1 aliphatic rings. The van der Waals surface area contributed by atoms with Crippen LogP contribution < -0.4 is 10.1 Å². The van der Waals surface area contributed by atoms with E-state index in [0.717, 1.165) is 22.4 Å². The Morgan fingerprint density at radius 3 is 2.17 bits per heavy atom. The van der Waals surface area contributed by atoms with Crippen molar-refractivity contribution in [3.8, 4) is 11.5 Å². The third-order valence-corrected chi connectivity index (χ3v) is 10.4. The summed E-state index contributed by atoms with van der Waals surface area (Å²) in [6.45, 7) is 0. The molecule has 14 heteroatoms. The number of methoxy groups -OCH3 is 1. The number of nitrogens with one attached hydrogen (secondary N) is 2. The number of carbonyl (C=O) groups is 3. The highest BCUT2D eigenvalue weighted by molar-refractivity contribution is 9.10. The first kappa shape index (κ1) is 33.0. The van der Waals surface area contributed by atoms with Crippen molar-refractivity contribution in [3.63, 3.8) is 0 Å². The van der Waals surface area contributed by atoms with Crippen molar-refractivity contribution in [2.45, 2.75) is 4.90 Å². The SMILES string of the molecule is COc1ccc(NC(=O)c2cc3ccc4c5ccccc5[nH]c4c3c(N=Nc3c(S(=O)(=O)O)cc(Br)c4c3C(=O)c3ccccc3C4=O)c2O)cc1. The number of halogens is 1. The number of aromatic hydroxyl groups is 1. The second-order valence-electron chi connectivity index (χ2n) is 11.9. The molecule has 0 fully saturated rings. The molecule has 8 rings (SSSR count). The minimum absolute atomic E-state index is 0.00104. The number of carbonyl (C=O) groups excluding carboxylic acids is 3. The number of ketones is 2. The van der Waals surface area contributed by atoms with Gasteiger partial charge in [-0.15, -0.1) is 10.2 Å². The minimum Gasteiger partial charge on any atom is -0.505 e. The third kappa shape index (κ3) is 5.23. The first-order valence-corrected chi connectivity index (χ1v) is 17.8. The summed E-state index contributed by atoms with van der Waals surface area (Å²) in [6.07, 6.45) is 0. The molecule has 0 spiro atoms.